The van der Waals surface area contributed by atoms with Crippen LogP contribution in [0.25, 0.3) is 38.6 Å². The monoisotopic (exact) mass is 627 g/mol. The van der Waals surface area contributed by atoms with Crippen LogP contribution in [0.1, 0.15) is 11.1 Å². The topological polar surface area (TPSA) is 52.5 Å². The molecule has 0 amide bonds. The lowest BCUT2D eigenvalue weighted by atomic mass is 9.99. The molecule has 7 aromatic carbocycles. The average Bonchev–Trinajstić information content (AvgIpc) is 3.50. The second kappa shape index (κ2) is 12.0. The molecule has 1 heterocycles. The minimum atomic E-state index is -3.06. The zero-order valence-electron chi connectivity index (χ0n) is 26.1. The van der Waals surface area contributed by atoms with Crippen LogP contribution in [0.4, 0.5) is 0 Å². The van der Waals surface area contributed by atoms with Gasteiger partial charge < -0.3 is 4.57 Å². The first-order valence-electron chi connectivity index (χ1n) is 16.0. The van der Waals surface area contributed by atoms with Gasteiger partial charge in [0.05, 0.1) is 40.0 Å². The van der Waals surface area contributed by atoms with E-state index in [0.29, 0.717) is 11.1 Å². The number of nitriles is 2. The Morgan fingerprint density at radius 2 is 0.854 bits per heavy atom. The molecule has 0 saturated carbocycles. The van der Waals surface area contributed by atoms with E-state index in [1.54, 1.807) is 0 Å². The van der Waals surface area contributed by atoms with Gasteiger partial charge in [0.25, 0.3) is 0 Å². The average molecular weight is 628 g/mol. The van der Waals surface area contributed by atoms with Crippen LogP contribution >= 0.6 is 0 Å². The Balaban J connectivity index is 1.55. The van der Waals surface area contributed by atoms with Gasteiger partial charge in [0.15, 0.2) is 8.07 Å². The van der Waals surface area contributed by atoms with Crippen molar-refractivity contribution in [2.24, 2.45) is 0 Å². The second-order valence-corrected chi connectivity index (χ2v) is 15.7. The van der Waals surface area contributed by atoms with Crippen molar-refractivity contribution in [2.75, 3.05) is 0 Å². The van der Waals surface area contributed by atoms with Crippen LogP contribution in [0.5, 0.6) is 0 Å². The number of fused-ring (bicyclic) bond motifs is 3. The molecule has 0 aliphatic carbocycles. The highest BCUT2D eigenvalue weighted by molar-refractivity contribution is 7.20. The number of aromatic nitrogens is 1. The molecule has 1 aromatic heterocycles. The van der Waals surface area contributed by atoms with Crippen molar-refractivity contribution in [1.29, 1.82) is 10.5 Å². The minimum absolute atomic E-state index is 0.580. The Labute approximate surface area is 280 Å². The van der Waals surface area contributed by atoms with Gasteiger partial charge in [0.1, 0.15) is 0 Å². The van der Waals surface area contributed by atoms with Crippen LogP contribution in [0.15, 0.2) is 176 Å². The zero-order chi connectivity index (χ0) is 32.5. The first-order valence-corrected chi connectivity index (χ1v) is 18.0. The fourth-order valence-electron chi connectivity index (χ4n) is 7.39. The summed E-state index contributed by atoms with van der Waals surface area (Å²) in [5, 5.41) is 27.7. The van der Waals surface area contributed by atoms with E-state index in [-0.39, 0.29) is 0 Å². The Hall–Kier alpha value is -6.46. The molecular weight excluding hydrogens is 599 g/mol. The molecule has 0 bridgehead atoms. The quantitative estimate of drug-likeness (QED) is 0.141. The lowest BCUT2D eigenvalue weighted by Crippen LogP contribution is -2.75. The van der Waals surface area contributed by atoms with E-state index < -0.39 is 8.07 Å². The summed E-state index contributed by atoms with van der Waals surface area (Å²) in [4.78, 5) is 0. The maximum Gasteiger partial charge on any atom is 0.180 e. The maximum absolute atomic E-state index is 10.3. The van der Waals surface area contributed by atoms with Crippen molar-refractivity contribution in [2.45, 2.75) is 0 Å². The second-order valence-electron chi connectivity index (χ2n) is 11.9. The molecule has 0 aliphatic heterocycles. The molecule has 3 nitrogen and oxygen atoms in total. The predicted molar refractivity (Wildman–Crippen MR) is 199 cm³/mol. The van der Waals surface area contributed by atoms with Crippen LogP contribution in [0, 0.1) is 22.7 Å². The molecule has 0 N–H and O–H groups in total. The molecule has 0 atom stereocenters. The maximum atomic E-state index is 10.3. The summed E-state index contributed by atoms with van der Waals surface area (Å²) in [6, 6.07) is 66.1. The minimum Gasteiger partial charge on any atom is -0.309 e. The molecule has 4 heteroatoms. The van der Waals surface area contributed by atoms with E-state index in [1.165, 1.54) is 26.3 Å². The molecule has 8 aromatic rings. The van der Waals surface area contributed by atoms with Crippen molar-refractivity contribution >= 4 is 50.6 Å². The van der Waals surface area contributed by atoms with Crippen molar-refractivity contribution in [3.63, 3.8) is 0 Å². The smallest absolute Gasteiger partial charge is 0.180 e. The molecule has 0 radical (unpaired) electrons. The summed E-state index contributed by atoms with van der Waals surface area (Å²) >= 11 is 0. The summed E-state index contributed by atoms with van der Waals surface area (Å²) in [6.45, 7) is 0. The van der Waals surface area contributed by atoms with Crippen LogP contribution in [0.2, 0.25) is 0 Å². The van der Waals surface area contributed by atoms with E-state index in [2.05, 4.69) is 174 Å². The van der Waals surface area contributed by atoms with Crippen molar-refractivity contribution in [1.82, 2.24) is 4.57 Å². The number of nitrogens with zero attached hydrogens (tertiary/aromatic N) is 3. The van der Waals surface area contributed by atoms with Gasteiger partial charge in [-0.3, -0.25) is 0 Å². The summed E-state index contributed by atoms with van der Waals surface area (Å²) in [5.41, 5.74) is 6.30. The van der Waals surface area contributed by atoms with Gasteiger partial charge in [-0.1, -0.05) is 133 Å². The van der Waals surface area contributed by atoms with Gasteiger partial charge in [-0.15, -0.1) is 0 Å². The largest absolute Gasteiger partial charge is 0.309 e. The van der Waals surface area contributed by atoms with E-state index >= 15 is 0 Å². The highest BCUT2D eigenvalue weighted by Crippen LogP contribution is 2.37. The van der Waals surface area contributed by atoms with E-state index in [9.17, 15) is 10.5 Å². The van der Waals surface area contributed by atoms with Crippen LogP contribution in [-0.4, -0.2) is 12.6 Å². The van der Waals surface area contributed by atoms with Crippen LogP contribution < -0.4 is 20.7 Å². The summed E-state index contributed by atoms with van der Waals surface area (Å²) in [5.74, 6) is 0. The fraction of sp³-hybridized carbons (Fsp3) is 0. The van der Waals surface area contributed by atoms with Gasteiger partial charge in [-0.25, -0.2) is 0 Å². The third-order valence-electron chi connectivity index (χ3n) is 9.41. The Kier molecular flexibility index (Phi) is 7.27. The fourth-order valence-corrected chi connectivity index (χ4v) is 12.4. The lowest BCUT2D eigenvalue weighted by molar-refractivity contribution is 1.18. The SMILES string of the molecule is N#Cc1ccc(-n2c3ccccc3c3ccccc32)c(-c2ccc(C#N)cc2[Si](c2ccccc2)(c2ccccc2)c2ccccc2)c1. The third kappa shape index (κ3) is 4.55. The van der Waals surface area contributed by atoms with E-state index in [4.69, 9.17) is 0 Å². The van der Waals surface area contributed by atoms with Crippen LogP contribution in [0.3, 0.4) is 0 Å². The summed E-state index contributed by atoms with van der Waals surface area (Å²) in [7, 11) is -3.06. The number of rotatable bonds is 6. The Morgan fingerprint density at radius 1 is 0.417 bits per heavy atom. The number of hydrogen-bond donors (Lipinski definition) is 0. The van der Waals surface area contributed by atoms with Crippen molar-refractivity contribution in [3.8, 4) is 29.0 Å². The standard InChI is InChI=1S/C44H29N3Si/c45-30-32-25-27-43(47-41-22-12-10-20-37(41)38-21-11-13-23-42(38)47)40(28-32)39-26-24-33(31-46)29-44(39)48(34-14-4-1-5-15-34,35-16-6-2-7-17-35)36-18-8-3-9-19-36/h1-29H. The molecule has 0 unspecified atom stereocenters. The highest BCUT2D eigenvalue weighted by Gasteiger charge is 2.43. The molecule has 0 spiro atoms. The molecule has 0 aliphatic rings. The van der Waals surface area contributed by atoms with Gasteiger partial charge >= 0.3 is 0 Å². The number of para-hydroxylation sites is 2. The molecule has 0 fully saturated rings. The van der Waals surface area contributed by atoms with Gasteiger partial charge in [0.2, 0.25) is 0 Å². The van der Waals surface area contributed by atoms with Crippen molar-refractivity contribution < 1.29 is 0 Å². The predicted octanol–water partition coefficient (Wildman–Crippen LogP) is 7.57. The van der Waals surface area contributed by atoms with E-state index in [0.717, 1.165) is 33.0 Å². The first kappa shape index (κ1) is 29.0. The Morgan fingerprint density at radius 3 is 1.35 bits per heavy atom. The van der Waals surface area contributed by atoms with Gasteiger partial charge in [-0.05, 0) is 68.8 Å². The van der Waals surface area contributed by atoms with Crippen molar-refractivity contribution in [3.05, 3.63) is 187 Å². The normalized spacial score (nSPS) is 11.3. The van der Waals surface area contributed by atoms with Crippen LogP contribution in [-0.2, 0) is 0 Å². The summed E-state index contributed by atoms with van der Waals surface area (Å²) in [6.07, 6.45) is 0. The van der Waals surface area contributed by atoms with Gasteiger partial charge in [-0.2, -0.15) is 10.5 Å². The molecular formula is C44H29N3Si. The zero-order valence-corrected chi connectivity index (χ0v) is 27.1. The lowest BCUT2D eigenvalue weighted by Gasteiger charge is -2.36. The Bertz CT molecular complexity index is 2370. The molecule has 0 saturated heterocycles. The molecule has 224 valence electrons. The third-order valence-corrected chi connectivity index (χ3v) is 14.2. The van der Waals surface area contributed by atoms with Gasteiger partial charge in [0, 0.05) is 16.3 Å². The first-order chi connectivity index (χ1) is 23.7. The summed E-state index contributed by atoms with van der Waals surface area (Å²) < 4.78 is 2.32. The van der Waals surface area contributed by atoms with E-state index in [1.807, 2.05) is 18.2 Å². The molecule has 48 heavy (non-hydrogen) atoms. The highest BCUT2D eigenvalue weighted by atomic mass is 28.3. The number of hydrogen-bond acceptors (Lipinski definition) is 2. The molecule has 8 rings (SSSR count). The number of benzene rings is 7.